The molecule has 3 aliphatic rings. The van der Waals surface area contributed by atoms with Crippen molar-refractivity contribution in [1.29, 1.82) is 5.26 Å². The van der Waals surface area contributed by atoms with E-state index in [0.717, 1.165) is 31.7 Å². The van der Waals surface area contributed by atoms with Crippen LogP contribution in [-0.4, -0.2) is 73.2 Å². The Morgan fingerprint density at radius 2 is 1.54 bits per heavy atom. The molecule has 1 aliphatic carbocycles. The van der Waals surface area contributed by atoms with Gasteiger partial charge in [-0.1, -0.05) is 39.3 Å². The van der Waals surface area contributed by atoms with Crippen LogP contribution in [0.5, 0.6) is 11.5 Å². The summed E-state index contributed by atoms with van der Waals surface area (Å²) in [6.07, 6.45) is 4.68. The van der Waals surface area contributed by atoms with Gasteiger partial charge in [0.25, 0.3) is 5.91 Å². The van der Waals surface area contributed by atoms with E-state index in [4.69, 9.17) is 26.3 Å². The van der Waals surface area contributed by atoms with Gasteiger partial charge in [-0.15, -0.1) is 0 Å². The molecule has 2 aromatic carbocycles. The number of nitrogens with zero attached hydrogens (tertiary/aromatic N) is 3. The average Bonchev–Trinajstić information content (AvgIpc) is 2.95. The number of amides is 1. The third-order valence-corrected chi connectivity index (χ3v) is 9.84. The van der Waals surface area contributed by atoms with E-state index in [2.05, 4.69) is 55.9 Å². The van der Waals surface area contributed by atoms with Crippen LogP contribution in [0.1, 0.15) is 69.3 Å². The van der Waals surface area contributed by atoms with Crippen LogP contribution in [0.2, 0.25) is 5.02 Å². The zero-order valence-corrected chi connectivity index (χ0v) is 25.7. The van der Waals surface area contributed by atoms with Gasteiger partial charge in [-0.2, -0.15) is 5.26 Å². The van der Waals surface area contributed by atoms with Crippen molar-refractivity contribution in [1.82, 2.24) is 15.1 Å². The summed E-state index contributed by atoms with van der Waals surface area (Å²) in [5.41, 5.74) is 0.404. The summed E-state index contributed by atoms with van der Waals surface area (Å²) in [6.45, 7) is 13.0. The van der Waals surface area contributed by atoms with Gasteiger partial charge in [-0.05, 0) is 82.2 Å². The summed E-state index contributed by atoms with van der Waals surface area (Å²) in [6, 6.07) is 15.3. The first kappa shape index (κ1) is 29.7. The second kappa shape index (κ2) is 11.8. The van der Waals surface area contributed by atoms with Crippen LogP contribution in [-0.2, 0) is 0 Å². The molecule has 1 saturated carbocycles. The number of hydrogen-bond donors (Lipinski definition) is 1. The average molecular weight is 579 g/mol. The van der Waals surface area contributed by atoms with Crippen LogP contribution in [0.3, 0.4) is 0 Å². The molecule has 0 aromatic heterocycles. The number of rotatable bonds is 7. The summed E-state index contributed by atoms with van der Waals surface area (Å²) >= 11 is 6.21. The lowest BCUT2D eigenvalue weighted by molar-refractivity contribution is -0.164. The minimum absolute atomic E-state index is 0.0907. The van der Waals surface area contributed by atoms with Crippen LogP contribution in [0.15, 0.2) is 42.5 Å². The Labute approximate surface area is 249 Å². The molecule has 220 valence electrons. The lowest BCUT2D eigenvalue weighted by atomic mass is 9.49. The molecule has 2 saturated heterocycles. The molecule has 1 amide bonds. The monoisotopic (exact) mass is 578 g/mol. The standard InChI is InChI=1S/C33H43ClN4O3/c1-32(2)30(33(3,4)31(32)41-27-11-8-23(21-35)28(34)20-27)36-29(39)22-6-9-25(10-7-22)40-26-14-18-38(19-15-26)24-12-16-37(5)17-13-24/h6-11,20,24,26,30-31H,12-19H2,1-5H3,(H,36,39). The maximum Gasteiger partial charge on any atom is 0.251 e. The molecular formula is C33H43ClN4O3. The number of carbonyl (C=O) groups is 1. The fourth-order valence-electron chi connectivity index (χ4n) is 7.41. The highest BCUT2D eigenvalue weighted by Gasteiger charge is 2.64. The van der Waals surface area contributed by atoms with Gasteiger partial charge in [-0.3, -0.25) is 4.79 Å². The molecule has 8 heteroatoms. The van der Waals surface area contributed by atoms with Crippen molar-refractivity contribution >= 4 is 17.5 Å². The van der Waals surface area contributed by atoms with Gasteiger partial charge in [-0.25, -0.2) is 0 Å². The summed E-state index contributed by atoms with van der Waals surface area (Å²) in [4.78, 5) is 18.3. The van der Waals surface area contributed by atoms with Gasteiger partial charge < -0.3 is 24.6 Å². The van der Waals surface area contributed by atoms with Crippen molar-refractivity contribution in [3.05, 3.63) is 58.6 Å². The molecule has 5 rings (SSSR count). The summed E-state index contributed by atoms with van der Waals surface area (Å²) in [7, 11) is 2.21. The number of likely N-dealkylation sites (tertiary alicyclic amines) is 2. The number of carbonyl (C=O) groups excluding carboxylic acids is 1. The first-order chi connectivity index (χ1) is 19.5. The van der Waals surface area contributed by atoms with Crippen LogP contribution in [0, 0.1) is 22.2 Å². The van der Waals surface area contributed by atoms with Crippen molar-refractivity contribution < 1.29 is 14.3 Å². The summed E-state index contributed by atoms with van der Waals surface area (Å²) in [5, 5.41) is 12.8. The molecule has 2 aliphatic heterocycles. The number of halogens is 1. The second-order valence-corrected chi connectivity index (χ2v) is 13.6. The normalized spacial score (nSPS) is 25.1. The van der Waals surface area contributed by atoms with E-state index in [1.807, 2.05) is 24.3 Å². The Balaban J connectivity index is 1.13. The minimum atomic E-state index is -0.314. The van der Waals surface area contributed by atoms with E-state index in [0.29, 0.717) is 27.9 Å². The van der Waals surface area contributed by atoms with Crippen LogP contribution >= 0.6 is 11.6 Å². The molecule has 0 unspecified atom stereocenters. The highest BCUT2D eigenvalue weighted by atomic mass is 35.5. The Morgan fingerprint density at radius 3 is 2.12 bits per heavy atom. The minimum Gasteiger partial charge on any atom is -0.490 e. The zero-order valence-electron chi connectivity index (χ0n) is 25.0. The number of nitrogens with one attached hydrogen (secondary N) is 1. The predicted octanol–water partition coefficient (Wildman–Crippen LogP) is 5.76. The van der Waals surface area contributed by atoms with E-state index in [-0.39, 0.29) is 35.0 Å². The van der Waals surface area contributed by atoms with Gasteiger partial charge in [0.15, 0.2) is 0 Å². The molecule has 1 N–H and O–H groups in total. The lowest BCUT2D eigenvalue weighted by Crippen LogP contribution is -2.74. The third kappa shape index (κ3) is 6.21. The largest absolute Gasteiger partial charge is 0.490 e. The fourth-order valence-corrected chi connectivity index (χ4v) is 7.62. The molecule has 2 aromatic rings. The topological polar surface area (TPSA) is 77.8 Å². The smallest absolute Gasteiger partial charge is 0.251 e. The van der Waals surface area contributed by atoms with Crippen molar-refractivity contribution in [3.63, 3.8) is 0 Å². The first-order valence-electron chi connectivity index (χ1n) is 14.9. The summed E-state index contributed by atoms with van der Waals surface area (Å²) < 4.78 is 12.7. The molecule has 0 atom stereocenters. The highest BCUT2D eigenvalue weighted by molar-refractivity contribution is 6.31. The number of benzene rings is 2. The highest BCUT2D eigenvalue weighted by Crippen LogP contribution is 2.55. The third-order valence-electron chi connectivity index (χ3n) is 9.53. The molecule has 0 radical (unpaired) electrons. The van der Waals surface area contributed by atoms with Gasteiger partial charge >= 0.3 is 0 Å². The molecule has 0 bridgehead atoms. The van der Waals surface area contributed by atoms with Gasteiger partial charge in [0.1, 0.15) is 29.8 Å². The van der Waals surface area contributed by atoms with Crippen LogP contribution < -0.4 is 14.8 Å². The van der Waals surface area contributed by atoms with Crippen molar-refractivity contribution in [2.75, 3.05) is 33.2 Å². The SMILES string of the molecule is CN1CCC(N2CCC(Oc3ccc(C(=O)NC4C(C)(C)C(Oc5ccc(C#N)c(Cl)c5)C4(C)C)cc3)CC2)CC1. The van der Waals surface area contributed by atoms with Gasteiger partial charge in [0.05, 0.1) is 10.6 Å². The molecule has 41 heavy (non-hydrogen) atoms. The molecule has 3 fully saturated rings. The Bertz CT molecular complexity index is 1260. The van der Waals surface area contributed by atoms with Crippen LogP contribution in [0.25, 0.3) is 0 Å². The maximum absolute atomic E-state index is 13.3. The molecule has 2 heterocycles. The summed E-state index contributed by atoms with van der Waals surface area (Å²) in [5.74, 6) is 1.33. The number of ether oxygens (including phenoxy) is 2. The Hall–Kier alpha value is -2.79. The van der Waals surface area contributed by atoms with E-state index in [9.17, 15) is 4.79 Å². The van der Waals surface area contributed by atoms with Crippen molar-refractivity contribution in [3.8, 4) is 17.6 Å². The first-order valence-corrected chi connectivity index (χ1v) is 15.2. The molecule has 0 spiro atoms. The zero-order chi connectivity index (χ0) is 29.4. The second-order valence-electron chi connectivity index (χ2n) is 13.2. The quantitative estimate of drug-likeness (QED) is 0.450. The van der Waals surface area contributed by atoms with E-state index >= 15 is 0 Å². The van der Waals surface area contributed by atoms with Gasteiger partial charge in [0, 0.05) is 47.6 Å². The predicted molar refractivity (Wildman–Crippen MR) is 162 cm³/mol. The van der Waals surface area contributed by atoms with Crippen molar-refractivity contribution in [2.24, 2.45) is 10.8 Å². The lowest BCUT2D eigenvalue weighted by Gasteiger charge is -2.63. The van der Waals surface area contributed by atoms with E-state index < -0.39 is 0 Å². The van der Waals surface area contributed by atoms with Crippen LogP contribution in [0.4, 0.5) is 0 Å². The number of nitriles is 1. The molecular weight excluding hydrogens is 536 g/mol. The maximum atomic E-state index is 13.3. The van der Waals surface area contributed by atoms with Crippen molar-refractivity contribution in [2.45, 2.75) is 77.7 Å². The molecule has 7 nitrogen and oxygen atoms in total. The Kier molecular flexibility index (Phi) is 8.57. The van der Waals surface area contributed by atoms with Gasteiger partial charge in [0.2, 0.25) is 0 Å². The number of piperidine rings is 2. The number of hydrogen-bond acceptors (Lipinski definition) is 6. The Morgan fingerprint density at radius 1 is 0.927 bits per heavy atom. The van der Waals surface area contributed by atoms with E-state index in [1.54, 1.807) is 18.2 Å². The van der Waals surface area contributed by atoms with E-state index in [1.165, 1.54) is 25.9 Å². The fraction of sp³-hybridized carbons (Fsp3) is 0.576.